The molecule has 0 heterocycles. The van der Waals surface area contributed by atoms with Gasteiger partial charge in [-0.1, -0.05) is 147 Å². The molecule has 0 nitrogen and oxygen atoms in total. The summed E-state index contributed by atoms with van der Waals surface area (Å²) in [6.07, 6.45) is 4.39. The fourth-order valence-electron chi connectivity index (χ4n) is 11.1. The Kier molecular flexibility index (Phi) is 28.4. The van der Waals surface area contributed by atoms with E-state index in [1.807, 2.05) is 0 Å². The van der Waals surface area contributed by atoms with Crippen molar-refractivity contribution in [2.45, 2.75) is 135 Å². The summed E-state index contributed by atoms with van der Waals surface area (Å²) in [4.78, 5) is 0. The molecule has 0 radical (unpaired) electrons. The van der Waals surface area contributed by atoms with E-state index in [1.54, 1.807) is 46.7 Å². The Labute approximate surface area is 560 Å². The van der Waals surface area contributed by atoms with Gasteiger partial charge in [-0.25, -0.2) is 0 Å². The summed E-state index contributed by atoms with van der Waals surface area (Å²) in [5, 5.41) is 11.0. The maximum absolute atomic E-state index is 2.34. The van der Waals surface area contributed by atoms with Gasteiger partial charge < -0.3 is 24.8 Å². The van der Waals surface area contributed by atoms with Gasteiger partial charge in [0.25, 0.3) is 0 Å². The maximum atomic E-state index is 2.34. The summed E-state index contributed by atoms with van der Waals surface area (Å²) < 4.78 is 0. The van der Waals surface area contributed by atoms with E-state index in [4.69, 9.17) is 0 Å². The Balaban J connectivity index is 0.000000199. The predicted molar refractivity (Wildman–Crippen MR) is 370 cm³/mol. The van der Waals surface area contributed by atoms with Crippen LogP contribution in [0.1, 0.15) is 94.5 Å². The van der Waals surface area contributed by atoms with Crippen LogP contribution >= 0.6 is 0 Å². The molecule has 0 aliphatic rings. The topological polar surface area (TPSA) is 0 Å². The second-order valence-corrected chi connectivity index (χ2v) is 41.8. The van der Waals surface area contributed by atoms with Gasteiger partial charge in [-0.3, -0.25) is 0 Å². The van der Waals surface area contributed by atoms with Crippen LogP contribution in [-0.4, -0.2) is 10.9 Å². The molecule has 0 amide bonds. The number of halogens is 2. The van der Waals surface area contributed by atoms with Crippen molar-refractivity contribution in [3.05, 3.63) is 261 Å². The van der Waals surface area contributed by atoms with E-state index in [-0.39, 0.29) is 35.7 Å². The molecule has 0 aliphatic heterocycles. The number of benzene rings is 8. The maximum Gasteiger partial charge on any atom is -1.00 e. The van der Waals surface area contributed by atoms with Crippen LogP contribution in [0.15, 0.2) is 194 Å². The number of aryl methyl sites for hydroxylation is 8. The van der Waals surface area contributed by atoms with Crippen molar-refractivity contribution >= 4 is 54.0 Å². The zero-order chi connectivity index (χ0) is 60.8. The van der Waals surface area contributed by atoms with Gasteiger partial charge in [-0.05, 0) is 148 Å². The van der Waals surface area contributed by atoms with E-state index in [0.717, 1.165) is 25.7 Å². The van der Waals surface area contributed by atoms with E-state index in [2.05, 4.69) is 303 Å². The van der Waals surface area contributed by atoms with Crippen molar-refractivity contribution < 1.29 is 71.5 Å². The van der Waals surface area contributed by atoms with Crippen LogP contribution < -0.4 is 24.8 Å². The van der Waals surface area contributed by atoms with Crippen molar-refractivity contribution in [2.24, 2.45) is 0 Å². The van der Waals surface area contributed by atoms with Crippen molar-refractivity contribution in [3.63, 3.8) is 0 Å². The van der Waals surface area contributed by atoms with Crippen LogP contribution in [0.4, 0.5) is 0 Å². The molecule has 0 bridgehead atoms. The average molecular weight is 1360 g/mol. The van der Waals surface area contributed by atoms with Gasteiger partial charge >= 0.3 is 83.7 Å². The molecule has 0 fully saturated rings. The average Bonchev–Trinajstić information content (AvgIpc) is 2.55. The Morgan fingerprint density at radius 2 is 0.442 bits per heavy atom. The van der Waals surface area contributed by atoms with Crippen LogP contribution in [0.2, 0.25) is 26.2 Å². The minimum atomic E-state index is 0. The fraction of sp³-hybridized carbons (Fsp3) is 0.250. The summed E-state index contributed by atoms with van der Waals surface area (Å²) in [5.74, 6) is 0. The van der Waals surface area contributed by atoms with Gasteiger partial charge in [0.2, 0.25) is 0 Å². The van der Waals surface area contributed by atoms with Gasteiger partial charge in [0.1, 0.15) is 0 Å². The second kappa shape index (κ2) is 34.1. The smallest absolute Gasteiger partial charge is 1.00 e. The van der Waals surface area contributed by atoms with Crippen molar-refractivity contribution in [1.82, 2.24) is 0 Å². The monoisotopic (exact) mass is 1350 g/mol. The molecule has 86 heavy (non-hydrogen) atoms. The minimum Gasteiger partial charge on any atom is -1.00 e. The fourth-order valence-corrected chi connectivity index (χ4v) is 11.1. The molecule has 12 aromatic rings. The van der Waals surface area contributed by atoms with Crippen LogP contribution in [0.3, 0.4) is 0 Å². The summed E-state index contributed by atoms with van der Waals surface area (Å²) >= 11 is 3.48. The third-order valence-corrected chi connectivity index (χ3v) is 16.5. The first-order valence-electron chi connectivity index (χ1n) is 30.3. The molecule has 0 saturated heterocycles. The number of hydrogen-bond acceptors (Lipinski definition) is 0. The van der Waals surface area contributed by atoms with Crippen LogP contribution in [0.5, 0.6) is 0 Å². The zero-order valence-electron chi connectivity index (χ0n) is 54.1. The van der Waals surface area contributed by atoms with E-state index in [0.29, 0.717) is 0 Å². The molecule has 0 N–H and O–H groups in total. The normalized spacial score (nSPS) is 10.5. The van der Waals surface area contributed by atoms with Crippen molar-refractivity contribution in [1.29, 1.82) is 0 Å². The summed E-state index contributed by atoms with van der Waals surface area (Å²) in [5.41, 5.74) is 28.0. The predicted octanol–water partition coefficient (Wildman–Crippen LogP) is 17.2. The number of rotatable bonds is 8. The second-order valence-electron chi connectivity index (χ2n) is 23.1. The van der Waals surface area contributed by atoms with E-state index >= 15 is 0 Å². The van der Waals surface area contributed by atoms with Crippen molar-refractivity contribution in [3.8, 4) is 44.5 Å². The summed E-state index contributed by atoms with van der Waals surface area (Å²) in [7, 11) is 0. The summed E-state index contributed by atoms with van der Waals surface area (Å²) in [6.45, 7) is 35.7. The Morgan fingerprint density at radius 1 is 0.279 bits per heavy atom. The first-order chi connectivity index (χ1) is 40.3. The molecule has 12 aromatic carbocycles. The molecule has 0 unspecified atom stereocenters. The molecule has 0 aromatic heterocycles. The largest absolute Gasteiger partial charge is 1.00 e. The van der Waals surface area contributed by atoms with Gasteiger partial charge in [-0.15, -0.1) is 138 Å². The third kappa shape index (κ3) is 18.1. The molecule has 440 valence electrons. The van der Waals surface area contributed by atoms with Gasteiger partial charge in [0, 0.05) is 0 Å². The van der Waals surface area contributed by atoms with Crippen LogP contribution in [-0.2, 0) is 72.4 Å². The Morgan fingerprint density at radius 3 is 0.616 bits per heavy atom. The van der Waals surface area contributed by atoms with E-state index in [1.165, 1.54) is 154 Å². The van der Waals surface area contributed by atoms with E-state index < -0.39 is 0 Å². The molecule has 6 heteroatoms. The van der Waals surface area contributed by atoms with Gasteiger partial charge in [0.05, 0.1) is 0 Å². The molecular weight excluding hydrogens is 1270 g/mol. The third-order valence-electron chi connectivity index (χ3n) is 16.5. The molecule has 0 spiro atoms. The minimum absolute atomic E-state index is 0. The van der Waals surface area contributed by atoms with Gasteiger partial charge in [0.15, 0.2) is 0 Å². The Bertz CT molecular complexity index is 3670. The molecule has 12 rings (SSSR count). The molecular formula is C80H88Cl2Si2Zr2-2. The van der Waals surface area contributed by atoms with E-state index in [9.17, 15) is 0 Å². The van der Waals surface area contributed by atoms with Crippen LogP contribution in [0.25, 0.3) is 87.6 Å². The first kappa shape index (κ1) is 71.7. The SMILES string of the molecule is CCc1cc2c(-c3cccc(C)c3C)cccc2[cH-]1.CCc1cc2c(-c3cccc(C)c3C)cccc2[cH-]1.CCc1cc2c(-c3cccc(C)c3C)cccc2[cH-]1.CCc1cc2c(-c3cccc(C)c3C)cccc2[cH-]1.C[Si](C)=[Zr+2].C[Si](C)=[Zr+2].[Cl-].[Cl-]. The number of hydrogen-bond donors (Lipinski definition) is 0. The molecule has 0 saturated carbocycles. The number of fused-ring (bicyclic) bond motifs is 4. The van der Waals surface area contributed by atoms with Gasteiger partial charge in [-0.2, -0.15) is 24.3 Å². The standard InChI is InChI=1S/4C19H19.2C2H6Si.2ClH.2Zr/c4*1-4-15-11-16-8-6-10-18(19(16)12-15)17-9-5-7-13(2)14(17)3;2*1-3-2;;;;/h4*5-12H,4H2,1-3H3;2*1-2H3;2*1H;;/q4*-1;;;;;2*+2/p-2. The summed E-state index contributed by atoms with van der Waals surface area (Å²) in [6, 6.07) is 71.3. The van der Waals surface area contributed by atoms with Crippen molar-refractivity contribution in [2.75, 3.05) is 0 Å². The first-order valence-corrected chi connectivity index (χ1v) is 42.7. The van der Waals surface area contributed by atoms with Crippen LogP contribution in [0, 0.1) is 55.4 Å². The quantitative estimate of drug-likeness (QED) is 0.105. The Hall–Kier alpha value is -5.02. The molecule has 0 atom stereocenters. The molecule has 0 aliphatic carbocycles. The zero-order valence-corrected chi connectivity index (χ0v) is 62.5.